The van der Waals surface area contributed by atoms with Gasteiger partial charge in [-0.05, 0) is 38.1 Å². The van der Waals surface area contributed by atoms with Crippen molar-refractivity contribution >= 4 is 17.5 Å². The van der Waals surface area contributed by atoms with Crippen LogP contribution in [0.4, 0.5) is 5.69 Å². The van der Waals surface area contributed by atoms with Crippen molar-refractivity contribution in [2.24, 2.45) is 5.92 Å². The molecule has 2 aliphatic heterocycles. The van der Waals surface area contributed by atoms with Crippen LogP contribution in [0.15, 0.2) is 30.3 Å². The van der Waals surface area contributed by atoms with Crippen molar-refractivity contribution in [3.05, 3.63) is 30.3 Å². The minimum absolute atomic E-state index is 0.0697. The van der Waals surface area contributed by atoms with E-state index in [1.807, 2.05) is 35.2 Å². The molecule has 25 heavy (non-hydrogen) atoms. The second-order valence-corrected chi connectivity index (χ2v) is 6.85. The minimum atomic E-state index is 0.0697. The van der Waals surface area contributed by atoms with E-state index < -0.39 is 0 Å². The van der Waals surface area contributed by atoms with E-state index in [-0.39, 0.29) is 17.7 Å². The average molecular weight is 344 g/mol. The number of carbonyl (C=O) groups is 2. The Morgan fingerprint density at radius 2 is 1.72 bits per heavy atom. The molecule has 3 rings (SSSR count). The van der Waals surface area contributed by atoms with Crippen LogP contribution in [0.25, 0.3) is 0 Å². The topological polar surface area (TPSA) is 64.7 Å². The van der Waals surface area contributed by atoms with Crippen LogP contribution in [0.3, 0.4) is 0 Å². The third-order valence-electron chi connectivity index (χ3n) is 5.11. The fraction of sp³-hybridized carbons (Fsp3) is 0.579. The van der Waals surface area contributed by atoms with E-state index in [4.69, 9.17) is 0 Å². The molecule has 136 valence electrons. The zero-order valence-corrected chi connectivity index (χ0v) is 14.7. The second kappa shape index (κ2) is 8.97. The Balaban J connectivity index is 1.36. The Hall–Kier alpha value is -1.92. The molecule has 0 unspecified atom stereocenters. The van der Waals surface area contributed by atoms with Crippen LogP contribution in [0.5, 0.6) is 0 Å². The smallest absolute Gasteiger partial charge is 0.227 e. The standard InChI is InChI=1S/C19H28N4O2/c24-18(23-14-9-20-10-15-23)8-13-22-11-6-16(7-12-22)19(25)21-17-4-2-1-3-5-17/h1-5,16,20H,6-15H2,(H,21,25). The van der Waals surface area contributed by atoms with Gasteiger partial charge < -0.3 is 20.4 Å². The largest absolute Gasteiger partial charge is 0.340 e. The highest BCUT2D eigenvalue weighted by molar-refractivity contribution is 5.92. The molecule has 2 aliphatic rings. The summed E-state index contributed by atoms with van der Waals surface area (Å²) >= 11 is 0. The van der Waals surface area contributed by atoms with Gasteiger partial charge in [0.05, 0.1) is 0 Å². The van der Waals surface area contributed by atoms with Crippen LogP contribution >= 0.6 is 0 Å². The lowest BCUT2D eigenvalue weighted by molar-refractivity contribution is -0.132. The summed E-state index contributed by atoms with van der Waals surface area (Å²) in [6, 6.07) is 9.61. The number of hydrogen-bond acceptors (Lipinski definition) is 4. The quantitative estimate of drug-likeness (QED) is 0.841. The summed E-state index contributed by atoms with van der Waals surface area (Å²) in [5.74, 6) is 0.438. The Morgan fingerprint density at radius 3 is 2.40 bits per heavy atom. The van der Waals surface area contributed by atoms with Crippen LogP contribution in [0, 0.1) is 5.92 Å². The normalized spacial score (nSPS) is 19.6. The van der Waals surface area contributed by atoms with Gasteiger partial charge in [0.2, 0.25) is 11.8 Å². The lowest BCUT2D eigenvalue weighted by Crippen LogP contribution is -2.47. The number of anilines is 1. The molecule has 2 N–H and O–H groups in total. The van der Waals surface area contributed by atoms with E-state index in [0.717, 1.165) is 64.3 Å². The van der Waals surface area contributed by atoms with Crippen molar-refractivity contribution in [2.75, 3.05) is 51.1 Å². The lowest BCUT2D eigenvalue weighted by atomic mass is 9.95. The molecule has 1 aromatic carbocycles. The molecule has 0 atom stereocenters. The maximum absolute atomic E-state index is 12.4. The maximum Gasteiger partial charge on any atom is 0.227 e. The van der Waals surface area contributed by atoms with Crippen molar-refractivity contribution in [3.8, 4) is 0 Å². The first-order valence-corrected chi connectivity index (χ1v) is 9.29. The second-order valence-electron chi connectivity index (χ2n) is 6.85. The number of nitrogens with one attached hydrogen (secondary N) is 2. The van der Waals surface area contributed by atoms with Gasteiger partial charge in [0, 0.05) is 50.7 Å². The van der Waals surface area contributed by atoms with Gasteiger partial charge >= 0.3 is 0 Å². The predicted octanol–water partition coefficient (Wildman–Crippen LogP) is 1.16. The molecule has 0 spiro atoms. The van der Waals surface area contributed by atoms with Gasteiger partial charge in [-0.25, -0.2) is 0 Å². The monoisotopic (exact) mass is 344 g/mol. The van der Waals surface area contributed by atoms with Crippen molar-refractivity contribution in [2.45, 2.75) is 19.3 Å². The fourth-order valence-corrected chi connectivity index (χ4v) is 3.51. The molecule has 2 saturated heterocycles. The zero-order chi connectivity index (χ0) is 17.5. The Bertz CT molecular complexity index is 564. The number of carbonyl (C=O) groups excluding carboxylic acids is 2. The van der Waals surface area contributed by atoms with Crippen LogP contribution in [0.2, 0.25) is 0 Å². The summed E-state index contributed by atoms with van der Waals surface area (Å²) in [7, 11) is 0. The zero-order valence-electron chi connectivity index (χ0n) is 14.7. The summed E-state index contributed by atoms with van der Waals surface area (Å²) in [4.78, 5) is 28.8. The SMILES string of the molecule is O=C(Nc1ccccc1)C1CCN(CCC(=O)N2CCNCC2)CC1. The van der Waals surface area contributed by atoms with E-state index in [9.17, 15) is 9.59 Å². The molecule has 0 saturated carbocycles. The van der Waals surface area contributed by atoms with Crippen LogP contribution in [0.1, 0.15) is 19.3 Å². The third kappa shape index (κ3) is 5.28. The number of benzene rings is 1. The molecule has 0 aliphatic carbocycles. The Kier molecular flexibility index (Phi) is 6.42. The first-order valence-electron chi connectivity index (χ1n) is 9.29. The Morgan fingerprint density at radius 1 is 1.04 bits per heavy atom. The Labute approximate surface area is 149 Å². The highest BCUT2D eigenvalue weighted by atomic mass is 16.2. The molecular formula is C19H28N4O2. The van der Waals surface area contributed by atoms with Gasteiger partial charge in [0.1, 0.15) is 0 Å². The molecule has 1 aromatic rings. The van der Waals surface area contributed by atoms with Gasteiger partial charge in [-0.3, -0.25) is 9.59 Å². The van der Waals surface area contributed by atoms with Crippen LogP contribution < -0.4 is 10.6 Å². The van der Waals surface area contributed by atoms with Crippen molar-refractivity contribution in [3.63, 3.8) is 0 Å². The van der Waals surface area contributed by atoms with E-state index in [0.29, 0.717) is 6.42 Å². The molecule has 0 bridgehead atoms. The van der Waals surface area contributed by atoms with Crippen LogP contribution in [-0.2, 0) is 9.59 Å². The van der Waals surface area contributed by atoms with E-state index in [1.165, 1.54) is 0 Å². The summed E-state index contributed by atoms with van der Waals surface area (Å²) in [5.41, 5.74) is 0.858. The number of piperazine rings is 1. The van der Waals surface area contributed by atoms with Gasteiger partial charge in [-0.2, -0.15) is 0 Å². The fourth-order valence-electron chi connectivity index (χ4n) is 3.51. The molecule has 0 aromatic heterocycles. The molecule has 6 nitrogen and oxygen atoms in total. The van der Waals surface area contributed by atoms with Crippen LogP contribution in [-0.4, -0.2) is 67.4 Å². The summed E-state index contributed by atoms with van der Waals surface area (Å²) in [6.45, 7) is 6.02. The van der Waals surface area contributed by atoms with Gasteiger partial charge in [-0.1, -0.05) is 18.2 Å². The molecule has 6 heteroatoms. The van der Waals surface area contributed by atoms with Crippen molar-refractivity contribution < 1.29 is 9.59 Å². The number of rotatable bonds is 5. The molecule has 2 amide bonds. The first-order chi connectivity index (χ1) is 12.2. The van der Waals surface area contributed by atoms with Crippen molar-refractivity contribution in [1.82, 2.24) is 15.1 Å². The van der Waals surface area contributed by atoms with Crippen molar-refractivity contribution in [1.29, 1.82) is 0 Å². The number of nitrogens with zero attached hydrogens (tertiary/aromatic N) is 2. The summed E-state index contributed by atoms with van der Waals surface area (Å²) in [5, 5.41) is 6.26. The van der Waals surface area contributed by atoms with Gasteiger partial charge in [-0.15, -0.1) is 0 Å². The lowest BCUT2D eigenvalue weighted by Gasteiger charge is -2.32. The van der Waals surface area contributed by atoms with E-state index in [2.05, 4.69) is 15.5 Å². The minimum Gasteiger partial charge on any atom is -0.340 e. The van der Waals surface area contributed by atoms with E-state index in [1.54, 1.807) is 0 Å². The number of hydrogen-bond donors (Lipinski definition) is 2. The number of amides is 2. The van der Waals surface area contributed by atoms with Gasteiger partial charge in [0.15, 0.2) is 0 Å². The first kappa shape index (κ1) is 17.9. The molecular weight excluding hydrogens is 316 g/mol. The number of likely N-dealkylation sites (tertiary alicyclic amines) is 1. The van der Waals surface area contributed by atoms with Gasteiger partial charge in [0.25, 0.3) is 0 Å². The maximum atomic E-state index is 12.4. The average Bonchev–Trinajstić information content (AvgIpc) is 2.68. The molecule has 0 radical (unpaired) electrons. The molecule has 2 fully saturated rings. The summed E-state index contributed by atoms with van der Waals surface area (Å²) in [6.07, 6.45) is 2.31. The number of piperidine rings is 1. The third-order valence-corrected chi connectivity index (χ3v) is 5.11. The number of para-hydroxylation sites is 1. The molecule has 2 heterocycles. The highest BCUT2D eigenvalue weighted by Gasteiger charge is 2.25. The highest BCUT2D eigenvalue weighted by Crippen LogP contribution is 2.19. The predicted molar refractivity (Wildman–Crippen MR) is 98.3 cm³/mol. The van der Waals surface area contributed by atoms with E-state index >= 15 is 0 Å². The summed E-state index contributed by atoms with van der Waals surface area (Å²) < 4.78 is 0.